The van der Waals surface area contributed by atoms with Crippen molar-refractivity contribution in [2.75, 3.05) is 0 Å². The molecule has 80 valence electrons. The van der Waals surface area contributed by atoms with Gasteiger partial charge in [0.05, 0.1) is 17.3 Å². The van der Waals surface area contributed by atoms with Crippen LogP contribution in [0.3, 0.4) is 0 Å². The Hall–Kier alpha value is -1.69. The van der Waals surface area contributed by atoms with Gasteiger partial charge in [0.1, 0.15) is 54.9 Å². The molecule has 1 aromatic heterocycles. The Morgan fingerprint density at radius 2 is 1.43 bits per heavy atom. The molecule has 0 unspecified atom stereocenters. The number of aromatic nitrogens is 1. The lowest BCUT2D eigenvalue weighted by molar-refractivity contribution is 1.39. The monoisotopic (exact) mass is 250 g/mol. The Morgan fingerprint density at radius 3 is 2.00 bits per heavy atom. The van der Waals surface area contributed by atoms with Crippen LogP contribution in [0, 0.1) is 11.3 Å². The predicted octanol–water partition coefficient (Wildman–Crippen LogP) is -5.82. The van der Waals surface area contributed by atoms with Crippen molar-refractivity contribution in [3.05, 3.63) is 11.6 Å². The predicted molar refractivity (Wildman–Crippen MR) is 92.1 cm³/mol. The van der Waals surface area contributed by atoms with Gasteiger partial charge in [-0.05, 0) is 5.56 Å². The largest absolute Gasteiger partial charge is 0.264 e. The minimum Gasteiger partial charge on any atom is -0.264 e. The number of hydrogen-bond donors (Lipinski definition) is 0. The Kier molecular flexibility index (Phi) is 4.19. The summed E-state index contributed by atoms with van der Waals surface area (Å²) in [6, 6.07) is 3.31. The normalized spacial score (nSPS) is 10.2. The van der Waals surface area contributed by atoms with E-state index in [1.165, 1.54) is 6.07 Å². The topological polar surface area (TPSA) is 36.7 Å². The standard InChI is InChI=1S/C12HB7N2/c13-5-1-3(6(14)9(17)8(5)16)11-10(18)7(15)4(2-20)12(19)21-11/h1H. The second-order valence-corrected chi connectivity index (χ2v) is 4.41. The van der Waals surface area contributed by atoms with Crippen LogP contribution in [0.4, 0.5) is 0 Å². The highest BCUT2D eigenvalue weighted by molar-refractivity contribution is 6.64. The van der Waals surface area contributed by atoms with Crippen molar-refractivity contribution in [1.82, 2.24) is 4.98 Å². The van der Waals surface area contributed by atoms with Gasteiger partial charge in [-0.3, -0.25) is 4.98 Å². The van der Waals surface area contributed by atoms with Crippen LogP contribution < -0.4 is 38.4 Å². The fourth-order valence-corrected chi connectivity index (χ4v) is 1.91. The van der Waals surface area contributed by atoms with Crippen LogP contribution in [0.2, 0.25) is 0 Å². The molecule has 0 aliphatic rings. The fourth-order valence-electron chi connectivity index (χ4n) is 1.91. The molecule has 0 spiro atoms. The van der Waals surface area contributed by atoms with Crippen LogP contribution in [0.1, 0.15) is 5.56 Å². The van der Waals surface area contributed by atoms with Gasteiger partial charge >= 0.3 is 0 Å². The molecule has 0 aliphatic carbocycles. The maximum Gasteiger partial charge on any atom is 0.143 e. The summed E-state index contributed by atoms with van der Waals surface area (Å²) < 4.78 is 0. The minimum atomic E-state index is -0.0624. The number of benzene rings is 1. The van der Waals surface area contributed by atoms with Crippen LogP contribution in [0.15, 0.2) is 6.07 Å². The van der Waals surface area contributed by atoms with Gasteiger partial charge < -0.3 is 0 Å². The summed E-state index contributed by atoms with van der Waals surface area (Å²) in [6.07, 6.45) is 0. The molecule has 2 nitrogen and oxygen atoms in total. The van der Waals surface area contributed by atoms with E-state index in [4.69, 9.17) is 60.2 Å². The third-order valence-corrected chi connectivity index (χ3v) is 3.15. The first-order valence-corrected chi connectivity index (χ1v) is 5.77. The third kappa shape index (κ3) is 2.48. The van der Waals surface area contributed by atoms with E-state index in [0.717, 1.165) is 0 Å². The third-order valence-electron chi connectivity index (χ3n) is 3.15. The zero-order chi connectivity index (χ0) is 15.9. The first-order chi connectivity index (χ1) is 9.79. The number of rotatable bonds is 1. The van der Waals surface area contributed by atoms with Crippen LogP contribution in [0.25, 0.3) is 11.3 Å². The van der Waals surface area contributed by atoms with Gasteiger partial charge in [-0.1, -0.05) is 22.5 Å². The molecule has 14 radical (unpaired) electrons. The van der Waals surface area contributed by atoms with E-state index in [2.05, 4.69) is 4.98 Å². The highest BCUT2D eigenvalue weighted by Crippen LogP contribution is 2.07. The first-order valence-electron chi connectivity index (χ1n) is 5.77. The van der Waals surface area contributed by atoms with E-state index < -0.39 is 0 Å². The number of nitriles is 1. The van der Waals surface area contributed by atoms with Gasteiger partial charge in [0.2, 0.25) is 0 Å². The molecule has 2 aromatic rings. The minimum absolute atomic E-state index is 0.00575. The van der Waals surface area contributed by atoms with E-state index in [-0.39, 0.29) is 49.6 Å². The van der Waals surface area contributed by atoms with Gasteiger partial charge in [-0.25, -0.2) is 0 Å². The van der Waals surface area contributed by atoms with E-state index in [9.17, 15) is 0 Å². The molecule has 0 fully saturated rings. The number of pyridine rings is 1. The van der Waals surface area contributed by atoms with E-state index in [1.807, 2.05) is 6.07 Å². The molecule has 0 atom stereocenters. The van der Waals surface area contributed by atoms with Crippen molar-refractivity contribution in [3.63, 3.8) is 0 Å². The average molecular weight is 249 g/mol. The molecule has 0 saturated heterocycles. The van der Waals surface area contributed by atoms with E-state index >= 15 is 0 Å². The summed E-state index contributed by atoms with van der Waals surface area (Å²) in [7, 11) is 40.6. The maximum atomic E-state index is 8.98. The second kappa shape index (κ2) is 5.60. The zero-order valence-corrected chi connectivity index (χ0v) is 11.0. The van der Waals surface area contributed by atoms with Gasteiger partial charge in [0.25, 0.3) is 0 Å². The molecule has 0 amide bonds. The van der Waals surface area contributed by atoms with Gasteiger partial charge in [0.15, 0.2) is 0 Å². The molecular formula is C12HB7N2. The molecular weight excluding hydrogens is 248 g/mol. The first kappa shape index (κ1) is 15.7. The summed E-state index contributed by atoms with van der Waals surface area (Å²) in [5.41, 5.74) is 1.24. The molecule has 0 aliphatic heterocycles. The molecule has 0 bridgehead atoms. The van der Waals surface area contributed by atoms with Gasteiger partial charge in [-0.2, -0.15) is 5.26 Å². The average Bonchev–Trinajstić information content (AvgIpc) is 2.45. The van der Waals surface area contributed by atoms with Crippen molar-refractivity contribution >= 4 is 93.3 Å². The van der Waals surface area contributed by atoms with Crippen LogP contribution in [-0.2, 0) is 0 Å². The summed E-state index contributed by atoms with van der Waals surface area (Å²) in [4.78, 5) is 4.07. The SMILES string of the molecule is [B]c1cc(-c2nc([B])c(C#N)c([B])c2[B])c([B])c([B])c1[B]. The molecule has 1 aromatic carbocycles. The summed E-state index contributed by atoms with van der Waals surface area (Å²) in [6.45, 7) is 0. The molecule has 21 heavy (non-hydrogen) atoms. The number of nitrogens with zero attached hydrogens (tertiary/aromatic N) is 2. The lowest BCUT2D eigenvalue weighted by Gasteiger charge is -2.19. The van der Waals surface area contributed by atoms with Gasteiger partial charge in [0, 0.05) is 5.59 Å². The van der Waals surface area contributed by atoms with Crippen molar-refractivity contribution in [2.45, 2.75) is 0 Å². The molecule has 0 saturated carbocycles. The highest BCUT2D eigenvalue weighted by atomic mass is 14.7. The summed E-state index contributed by atoms with van der Waals surface area (Å²) in [5.74, 6) is 0. The van der Waals surface area contributed by atoms with Crippen LogP contribution in [0.5, 0.6) is 0 Å². The second-order valence-electron chi connectivity index (χ2n) is 4.41. The zero-order valence-electron chi connectivity index (χ0n) is 11.0. The Balaban J connectivity index is 2.84. The Labute approximate surface area is 133 Å². The quantitative estimate of drug-likeness (QED) is 0.472. The lowest BCUT2D eigenvalue weighted by Crippen LogP contribution is -2.49. The smallest absolute Gasteiger partial charge is 0.143 e. The number of hydrogen-bond acceptors (Lipinski definition) is 2. The highest BCUT2D eigenvalue weighted by Gasteiger charge is 2.15. The lowest BCUT2D eigenvalue weighted by atomic mass is 9.64. The van der Waals surface area contributed by atoms with Crippen molar-refractivity contribution in [3.8, 4) is 17.3 Å². The van der Waals surface area contributed by atoms with Crippen LogP contribution >= 0.6 is 0 Å². The molecule has 1 heterocycles. The molecule has 9 heteroatoms. The van der Waals surface area contributed by atoms with Crippen molar-refractivity contribution < 1.29 is 0 Å². The fraction of sp³-hybridized carbons (Fsp3) is 0. The summed E-state index contributed by atoms with van der Waals surface area (Å²) >= 11 is 0. The van der Waals surface area contributed by atoms with Crippen molar-refractivity contribution in [1.29, 1.82) is 5.26 Å². The maximum absolute atomic E-state index is 8.98. The Morgan fingerprint density at radius 1 is 0.810 bits per heavy atom. The molecule has 0 N–H and O–H groups in total. The Bertz CT molecular complexity index is 796. The van der Waals surface area contributed by atoms with Crippen molar-refractivity contribution in [2.24, 2.45) is 0 Å². The van der Waals surface area contributed by atoms with Gasteiger partial charge in [-0.15, -0.1) is 16.4 Å². The summed E-state index contributed by atoms with van der Waals surface area (Å²) in [5, 5.41) is 8.98. The molecule has 2 rings (SSSR count). The van der Waals surface area contributed by atoms with E-state index in [1.54, 1.807) is 0 Å². The van der Waals surface area contributed by atoms with E-state index in [0.29, 0.717) is 5.56 Å². The van der Waals surface area contributed by atoms with Crippen LogP contribution in [-0.4, -0.2) is 59.9 Å².